The van der Waals surface area contributed by atoms with E-state index >= 15 is 0 Å². The summed E-state index contributed by atoms with van der Waals surface area (Å²) in [5, 5.41) is 5.22. The summed E-state index contributed by atoms with van der Waals surface area (Å²) in [4.78, 5) is 13.6. The molecule has 6 nitrogen and oxygen atoms in total. The molecule has 8 aromatic rings. The molecule has 1 N–H and O–H groups in total. The van der Waals surface area contributed by atoms with Crippen LogP contribution in [0.15, 0.2) is 164 Å². The van der Waals surface area contributed by atoms with Crippen LogP contribution in [-0.2, 0) is 11.0 Å². The molecule has 1 heterocycles. The molecule has 0 bridgehead atoms. The van der Waals surface area contributed by atoms with Gasteiger partial charge < -0.3 is 24.3 Å². The number of rotatable bonds is 17. The molecule has 77 heavy (non-hydrogen) atoms. The van der Waals surface area contributed by atoms with Crippen molar-refractivity contribution in [1.29, 1.82) is 0 Å². The van der Waals surface area contributed by atoms with E-state index in [-0.39, 0.29) is 11.3 Å². The van der Waals surface area contributed by atoms with Gasteiger partial charge in [-0.15, -0.1) is 0 Å². The number of hydrogen-bond donors (Lipinski definition) is 1. The Bertz CT molecular complexity index is 3420. The molecule has 1 fully saturated rings. The van der Waals surface area contributed by atoms with Crippen molar-refractivity contribution in [1.82, 2.24) is 0 Å². The van der Waals surface area contributed by atoms with E-state index in [1.165, 1.54) is 84.7 Å². The zero-order valence-corrected chi connectivity index (χ0v) is 46.0. The third kappa shape index (κ3) is 10.0. The summed E-state index contributed by atoms with van der Waals surface area (Å²) in [6.07, 6.45) is 16.4. The fourth-order valence-electron chi connectivity index (χ4n) is 12.4. The fraction of sp³-hybridized carbons (Fsp3) is 0.310. The van der Waals surface area contributed by atoms with Gasteiger partial charge in [-0.1, -0.05) is 158 Å². The summed E-state index contributed by atoms with van der Waals surface area (Å²) in [6.45, 7) is 12.0. The van der Waals surface area contributed by atoms with Crippen LogP contribution in [0.2, 0.25) is 0 Å². The highest BCUT2D eigenvalue weighted by Gasteiger charge is 2.44. The largest absolute Gasteiger partial charge is 0.497 e. The van der Waals surface area contributed by atoms with Crippen LogP contribution in [0.1, 0.15) is 142 Å². The topological polar surface area (TPSA) is 66.0 Å². The average Bonchev–Trinajstić information content (AvgIpc) is 3.95. The lowest BCUT2D eigenvalue weighted by atomic mass is 9.76. The summed E-state index contributed by atoms with van der Waals surface area (Å²) >= 11 is 0. The average molecular weight is 1020 g/mol. The minimum atomic E-state index is -0.961. The molecule has 6 heteroatoms. The molecule has 0 aromatic heterocycles. The van der Waals surface area contributed by atoms with E-state index in [0.717, 1.165) is 85.2 Å². The van der Waals surface area contributed by atoms with Gasteiger partial charge in [-0.3, -0.25) is 4.79 Å². The molecule has 1 aliphatic heterocycles. The molecule has 1 saturated carbocycles. The van der Waals surface area contributed by atoms with Crippen LogP contribution in [0.25, 0.3) is 50.2 Å². The lowest BCUT2D eigenvalue weighted by Gasteiger charge is -2.38. The van der Waals surface area contributed by atoms with Crippen molar-refractivity contribution in [2.75, 3.05) is 26.1 Å². The molecule has 392 valence electrons. The minimum Gasteiger partial charge on any atom is -0.497 e. The predicted molar refractivity (Wildman–Crippen MR) is 317 cm³/mol. The number of carbonyl (C=O) groups is 1. The van der Waals surface area contributed by atoms with Gasteiger partial charge in [-0.05, 0) is 178 Å². The Balaban J connectivity index is 0.847. The Hall–Kier alpha value is -7.57. The summed E-state index contributed by atoms with van der Waals surface area (Å²) in [5.41, 5.74) is 13.9. The van der Waals surface area contributed by atoms with E-state index in [1.54, 1.807) is 14.2 Å². The van der Waals surface area contributed by atoms with E-state index in [2.05, 4.69) is 173 Å². The summed E-state index contributed by atoms with van der Waals surface area (Å²) < 4.78 is 25.4. The molecule has 0 saturated heterocycles. The lowest BCUT2D eigenvalue weighted by molar-refractivity contribution is 0.102. The van der Waals surface area contributed by atoms with Gasteiger partial charge >= 0.3 is 0 Å². The monoisotopic (exact) mass is 1020 g/mol. The number of unbranched alkanes of at least 4 members (excludes halogenated alkanes) is 2. The molecule has 0 radical (unpaired) electrons. The second-order valence-electron chi connectivity index (χ2n) is 22.5. The number of amides is 1. The highest BCUT2D eigenvalue weighted by Crippen LogP contribution is 2.59. The van der Waals surface area contributed by atoms with Gasteiger partial charge in [0.1, 0.15) is 23.0 Å². The van der Waals surface area contributed by atoms with Crippen molar-refractivity contribution in [3.05, 3.63) is 203 Å². The van der Waals surface area contributed by atoms with E-state index in [0.29, 0.717) is 24.0 Å². The Labute approximate surface area is 456 Å². The highest BCUT2D eigenvalue weighted by molar-refractivity contribution is 6.09. The van der Waals surface area contributed by atoms with E-state index in [1.807, 2.05) is 36.4 Å². The maximum Gasteiger partial charge on any atom is 0.255 e. The van der Waals surface area contributed by atoms with Crippen LogP contribution in [0.4, 0.5) is 5.69 Å². The van der Waals surface area contributed by atoms with Gasteiger partial charge in [0.25, 0.3) is 5.91 Å². The van der Waals surface area contributed by atoms with Gasteiger partial charge in [0.05, 0.1) is 20.8 Å². The standard InChI is InChI=1S/C71H73NO5/c1-8-10-11-12-47-13-15-48(16-14-47)49-17-19-50(20-18-49)51-21-23-53(24-22-51)69(73)72-57-32-25-52(26-33-57)54-27-40-65-64(43-54)66-61-39-38-60(75-7)44-63(61)68-62(67(66)70(65,4)5)41-42-71(77-68,55-28-34-58(74-6)35-29-55)56-30-36-59(37-31-56)76-45-46(3)9-2/h17-44,46-48H,8-16,45H2,1-7H3,(H,72,73)/t46-,47-,48-,71?/m0/s1. The molecule has 11 rings (SSSR count). The van der Waals surface area contributed by atoms with Gasteiger partial charge in [-0.25, -0.2) is 0 Å². The quantitative estimate of drug-likeness (QED) is 0.0921. The minimum absolute atomic E-state index is 0.132. The Morgan fingerprint density at radius 2 is 1.27 bits per heavy atom. The Morgan fingerprint density at radius 1 is 0.662 bits per heavy atom. The third-order valence-electron chi connectivity index (χ3n) is 17.3. The first-order valence-corrected chi connectivity index (χ1v) is 28.2. The number of benzene rings is 8. The SMILES string of the molecule is CCCCC[C@H]1CC[C@H](c2ccc(-c3ccc(C(=O)Nc4ccc(-c5ccc6c(c5)-c5c(c7c(c8cc(OC)ccc58)OC(c5ccc(OC)cc5)(c5ccc(OC[C@@H](C)CC)cc5)C=C7)C6(C)C)cc4)cc3)cc2)CC1. The number of hydrogen-bond acceptors (Lipinski definition) is 5. The lowest BCUT2D eigenvalue weighted by Crippen LogP contribution is -2.35. The van der Waals surface area contributed by atoms with Crippen LogP contribution >= 0.6 is 0 Å². The van der Waals surface area contributed by atoms with Crippen LogP contribution in [0.3, 0.4) is 0 Å². The first kappa shape index (κ1) is 51.5. The van der Waals surface area contributed by atoms with Gasteiger partial charge in [0, 0.05) is 38.7 Å². The van der Waals surface area contributed by atoms with Crippen molar-refractivity contribution in [2.24, 2.45) is 11.8 Å². The maximum absolute atomic E-state index is 13.6. The summed E-state index contributed by atoms with van der Waals surface area (Å²) in [5.74, 6) is 5.10. The van der Waals surface area contributed by atoms with Crippen LogP contribution in [-0.4, -0.2) is 26.7 Å². The second kappa shape index (κ2) is 21.8. The molecular weight excluding hydrogens is 947 g/mol. The molecular formula is C71H73NO5. The van der Waals surface area contributed by atoms with Crippen molar-refractivity contribution in [3.63, 3.8) is 0 Å². The number of ether oxygens (including phenoxy) is 4. The number of anilines is 1. The van der Waals surface area contributed by atoms with E-state index < -0.39 is 5.60 Å². The predicted octanol–water partition coefficient (Wildman–Crippen LogP) is 18.4. The zero-order chi connectivity index (χ0) is 53.3. The molecule has 1 unspecified atom stereocenters. The fourth-order valence-corrected chi connectivity index (χ4v) is 12.4. The van der Waals surface area contributed by atoms with Crippen LogP contribution < -0.4 is 24.3 Å². The highest BCUT2D eigenvalue weighted by atomic mass is 16.5. The van der Waals surface area contributed by atoms with Gasteiger partial charge in [0.15, 0.2) is 5.60 Å². The van der Waals surface area contributed by atoms with Gasteiger partial charge in [0.2, 0.25) is 0 Å². The van der Waals surface area contributed by atoms with Crippen LogP contribution in [0, 0.1) is 11.8 Å². The number of fused-ring (bicyclic) bond motifs is 8. The molecule has 0 spiro atoms. The van der Waals surface area contributed by atoms with Crippen LogP contribution in [0.5, 0.6) is 23.0 Å². The second-order valence-corrected chi connectivity index (χ2v) is 22.5. The number of carbonyl (C=O) groups excluding carboxylic acids is 1. The number of nitrogens with one attached hydrogen (secondary N) is 1. The normalized spacial score (nSPS) is 18.4. The van der Waals surface area contributed by atoms with Gasteiger partial charge in [-0.2, -0.15) is 0 Å². The molecule has 3 aliphatic rings. The zero-order valence-electron chi connectivity index (χ0n) is 46.0. The number of methoxy groups -OCH3 is 2. The summed E-state index contributed by atoms with van der Waals surface area (Å²) in [7, 11) is 3.41. The van der Waals surface area contributed by atoms with E-state index in [4.69, 9.17) is 18.9 Å². The first-order valence-electron chi connectivity index (χ1n) is 28.2. The van der Waals surface area contributed by atoms with Crippen molar-refractivity contribution >= 4 is 28.4 Å². The maximum atomic E-state index is 13.6. The third-order valence-corrected chi connectivity index (χ3v) is 17.3. The summed E-state index contributed by atoms with van der Waals surface area (Å²) in [6, 6.07) is 55.1. The Kier molecular flexibility index (Phi) is 14.6. The smallest absolute Gasteiger partial charge is 0.255 e. The van der Waals surface area contributed by atoms with E-state index in [9.17, 15) is 4.79 Å². The first-order chi connectivity index (χ1) is 37.5. The molecule has 1 amide bonds. The van der Waals surface area contributed by atoms with Crippen molar-refractivity contribution < 1.29 is 23.7 Å². The van der Waals surface area contributed by atoms with Crippen molar-refractivity contribution in [2.45, 2.75) is 109 Å². The molecule has 8 aromatic carbocycles. The Morgan fingerprint density at radius 3 is 1.92 bits per heavy atom. The molecule has 2 atom stereocenters. The molecule has 2 aliphatic carbocycles. The van der Waals surface area contributed by atoms with Crippen molar-refractivity contribution in [3.8, 4) is 56.4 Å².